The number of aryl methyl sites for hydroxylation is 2. The van der Waals surface area contributed by atoms with E-state index in [2.05, 4.69) is 9.97 Å². The van der Waals surface area contributed by atoms with Gasteiger partial charge in [0.05, 0.1) is 12.0 Å². The Balaban J connectivity index is 0. The summed E-state index contributed by atoms with van der Waals surface area (Å²) in [6.07, 6.45) is 2.90. The number of imidazole rings is 1. The van der Waals surface area contributed by atoms with E-state index in [1.165, 1.54) is 0 Å². The van der Waals surface area contributed by atoms with Gasteiger partial charge in [0.25, 0.3) is 0 Å². The minimum Gasteiger partial charge on any atom is -0.349 e. The first-order valence-electron chi connectivity index (χ1n) is 4.30. The van der Waals surface area contributed by atoms with Crippen LogP contribution >= 0.6 is 24.8 Å². The fraction of sp³-hybridized carbons (Fsp3) is 0.556. The summed E-state index contributed by atoms with van der Waals surface area (Å²) < 4.78 is 0. The van der Waals surface area contributed by atoms with Crippen molar-refractivity contribution < 1.29 is 4.79 Å². The molecule has 0 saturated heterocycles. The van der Waals surface area contributed by atoms with E-state index in [4.69, 9.17) is 0 Å². The second-order valence-corrected chi connectivity index (χ2v) is 3.26. The highest BCUT2D eigenvalue weighted by molar-refractivity contribution is 5.85. The highest BCUT2D eigenvalue weighted by atomic mass is 35.5. The predicted molar refractivity (Wildman–Crippen MR) is 64.8 cm³/mol. The number of H-pyrrole nitrogens is 1. The number of carbonyl (C=O) groups is 1. The fourth-order valence-corrected chi connectivity index (χ4v) is 1.09. The summed E-state index contributed by atoms with van der Waals surface area (Å²) in [4.78, 5) is 19.9. The van der Waals surface area contributed by atoms with Gasteiger partial charge >= 0.3 is 0 Å². The van der Waals surface area contributed by atoms with Crippen LogP contribution in [-0.2, 0) is 11.2 Å². The summed E-state index contributed by atoms with van der Waals surface area (Å²) in [5.74, 6) is 0.141. The standard InChI is InChI=1S/C9H15N3O.2ClH/c1-7-8(11-6-10-7)4-5-9(13)12(2)3;;/h6H,4-5H2,1-3H3,(H,10,11);2*1H. The molecule has 0 radical (unpaired) electrons. The molecule has 0 aromatic carbocycles. The molecule has 6 heteroatoms. The summed E-state index contributed by atoms with van der Waals surface area (Å²) in [6.45, 7) is 1.96. The topological polar surface area (TPSA) is 49.0 Å². The number of hydrogen-bond donors (Lipinski definition) is 1. The van der Waals surface area contributed by atoms with Crippen LogP contribution in [0.3, 0.4) is 0 Å². The lowest BCUT2D eigenvalue weighted by Gasteiger charge is -2.08. The molecule has 1 aromatic rings. The maximum atomic E-state index is 11.2. The Morgan fingerprint density at radius 2 is 2.07 bits per heavy atom. The first-order valence-corrected chi connectivity index (χ1v) is 4.30. The highest BCUT2D eigenvalue weighted by Crippen LogP contribution is 2.04. The van der Waals surface area contributed by atoms with Crippen molar-refractivity contribution in [3.05, 3.63) is 17.7 Å². The number of carbonyl (C=O) groups excluding carboxylic acids is 1. The summed E-state index contributed by atoms with van der Waals surface area (Å²) in [5.41, 5.74) is 2.03. The molecule has 15 heavy (non-hydrogen) atoms. The summed E-state index contributed by atoms with van der Waals surface area (Å²) >= 11 is 0. The number of amides is 1. The lowest BCUT2D eigenvalue weighted by Crippen LogP contribution is -2.21. The predicted octanol–water partition coefficient (Wildman–Crippen LogP) is 1.58. The van der Waals surface area contributed by atoms with Crippen LogP contribution in [-0.4, -0.2) is 34.9 Å². The van der Waals surface area contributed by atoms with E-state index in [9.17, 15) is 4.79 Å². The van der Waals surface area contributed by atoms with Gasteiger partial charge in [0.2, 0.25) is 5.91 Å². The Kier molecular flexibility index (Phi) is 8.38. The lowest BCUT2D eigenvalue weighted by molar-refractivity contribution is -0.128. The first kappa shape index (κ1) is 16.7. The minimum absolute atomic E-state index is 0. The first-order chi connectivity index (χ1) is 6.11. The Hall–Kier alpha value is -0.740. The van der Waals surface area contributed by atoms with Crippen LogP contribution in [0.4, 0.5) is 0 Å². The molecule has 0 aliphatic heterocycles. The van der Waals surface area contributed by atoms with E-state index in [0.29, 0.717) is 12.8 Å². The zero-order valence-corrected chi connectivity index (χ0v) is 10.7. The van der Waals surface area contributed by atoms with Crippen LogP contribution in [0.5, 0.6) is 0 Å². The quantitative estimate of drug-likeness (QED) is 0.890. The maximum Gasteiger partial charge on any atom is 0.222 e. The highest BCUT2D eigenvalue weighted by Gasteiger charge is 2.06. The van der Waals surface area contributed by atoms with Crippen LogP contribution in [0.2, 0.25) is 0 Å². The van der Waals surface area contributed by atoms with Crippen LogP contribution in [0.1, 0.15) is 17.8 Å². The van der Waals surface area contributed by atoms with E-state index in [0.717, 1.165) is 11.4 Å². The second-order valence-electron chi connectivity index (χ2n) is 3.26. The molecule has 1 rings (SSSR count). The zero-order valence-electron chi connectivity index (χ0n) is 9.11. The van der Waals surface area contributed by atoms with E-state index in [1.807, 2.05) is 6.92 Å². The van der Waals surface area contributed by atoms with E-state index >= 15 is 0 Å². The van der Waals surface area contributed by atoms with Crippen LogP contribution in [0.15, 0.2) is 6.33 Å². The average Bonchev–Trinajstić information content (AvgIpc) is 2.47. The molecule has 0 unspecified atom stereocenters. The van der Waals surface area contributed by atoms with Crippen molar-refractivity contribution in [1.29, 1.82) is 0 Å². The molecule has 4 nitrogen and oxygen atoms in total. The fourth-order valence-electron chi connectivity index (χ4n) is 1.09. The molecule has 1 amide bonds. The number of aromatic nitrogens is 2. The Morgan fingerprint density at radius 1 is 1.47 bits per heavy atom. The van der Waals surface area contributed by atoms with Crippen molar-refractivity contribution in [3.63, 3.8) is 0 Å². The molecule has 0 bridgehead atoms. The second kappa shape index (κ2) is 7.54. The van der Waals surface area contributed by atoms with Gasteiger partial charge in [0.1, 0.15) is 0 Å². The summed E-state index contributed by atoms with van der Waals surface area (Å²) in [6, 6.07) is 0. The smallest absolute Gasteiger partial charge is 0.222 e. The molecule has 0 atom stereocenters. The molecule has 88 valence electrons. The molecule has 1 aromatic heterocycles. The third kappa shape index (κ3) is 5.04. The average molecular weight is 254 g/mol. The van der Waals surface area contributed by atoms with Crippen molar-refractivity contribution in [2.75, 3.05) is 14.1 Å². The van der Waals surface area contributed by atoms with Crippen molar-refractivity contribution in [2.45, 2.75) is 19.8 Å². The van der Waals surface area contributed by atoms with Gasteiger partial charge in [-0.15, -0.1) is 24.8 Å². The number of halogens is 2. The molecule has 0 spiro atoms. The van der Waals surface area contributed by atoms with Crippen molar-refractivity contribution in [2.24, 2.45) is 0 Å². The van der Waals surface area contributed by atoms with Gasteiger partial charge in [0, 0.05) is 32.6 Å². The minimum atomic E-state index is 0. The number of nitrogens with zero attached hydrogens (tertiary/aromatic N) is 2. The van der Waals surface area contributed by atoms with Gasteiger partial charge < -0.3 is 9.88 Å². The van der Waals surface area contributed by atoms with Gasteiger partial charge in [-0.25, -0.2) is 4.98 Å². The third-order valence-corrected chi connectivity index (χ3v) is 2.01. The largest absolute Gasteiger partial charge is 0.349 e. The monoisotopic (exact) mass is 253 g/mol. The van der Waals surface area contributed by atoms with Crippen LogP contribution in [0, 0.1) is 6.92 Å². The Morgan fingerprint density at radius 3 is 2.47 bits per heavy atom. The number of hydrogen-bond acceptors (Lipinski definition) is 2. The molecule has 1 heterocycles. The third-order valence-electron chi connectivity index (χ3n) is 2.01. The van der Waals surface area contributed by atoms with Crippen molar-refractivity contribution in [1.82, 2.24) is 14.9 Å². The van der Waals surface area contributed by atoms with Gasteiger partial charge in [-0.2, -0.15) is 0 Å². The van der Waals surface area contributed by atoms with Gasteiger partial charge in [-0.1, -0.05) is 0 Å². The molecule has 0 saturated carbocycles. The lowest BCUT2D eigenvalue weighted by atomic mass is 10.2. The van der Waals surface area contributed by atoms with Gasteiger partial charge in [-0.05, 0) is 6.92 Å². The van der Waals surface area contributed by atoms with Gasteiger partial charge in [0.15, 0.2) is 0 Å². The van der Waals surface area contributed by atoms with Crippen molar-refractivity contribution >= 4 is 30.7 Å². The number of rotatable bonds is 3. The van der Waals surface area contributed by atoms with Crippen molar-refractivity contribution in [3.8, 4) is 0 Å². The Bertz CT molecular complexity index is 299. The molecular weight excluding hydrogens is 237 g/mol. The van der Waals surface area contributed by atoms with Crippen LogP contribution < -0.4 is 0 Å². The summed E-state index contributed by atoms with van der Waals surface area (Å²) in [5, 5.41) is 0. The van der Waals surface area contributed by atoms with Crippen LogP contribution in [0.25, 0.3) is 0 Å². The van der Waals surface area contributed by atoms with E-state index in [-0.39, 0.29) is 30.7 Å². The molecule has 0 aliphatic carbocycles. The number of aromatic amines is 1. The molecule has 0 aliphatic rings. The molecular formula is C9H17Cl2N3O. The zero-order chi connectivity index (χ0) is 9.84. The maximum absolute atomic E-state index is 11.2. The normalized spacial score (nSPS) is 8.73. The van der Waals surface area contributed by atoms with E-state index in [1.54, 1.807) is 25.3 Å². The summed E-state index contributed by atoms with van der Waals surface area (Å²) in [7, 11) is 3.53. The Labute approximate surface area is 102 Å². The SMILES string of the molecule is Cc1[nH]cnc1CCC(=O)N(C)C.Cl.Cl. The molecule has 0 fully saturated rings. The van der Waals surface area contributed by atoms with E-state index < -0.39 is 0 Å². The number of nitrogens with one attached hydrogen (secondary N) is 1. The van der Waals surface area contributed by atoms with Gasteiger partial charge in [-0.3, -0.25) is 4.79 Å². The molecule has 1 N–H and O–H groups in total.